The predicted octanol–water partition coefficient (Wildman–Crippen LogP) is 4.19. The first-order valence-corrected chi connectivity index (χ1v) is 8.55. The molecule has 0 unspecified atom stereocenters. The molecule has 1 aromatic carbocycles. The molecule has 1 aromatic heterocycles. The van der Waals surface area contributed by atoms with Crippen LogP contribution in [-0.2, 0) is 32.9 Å². The summed E-state index contributed by atoms with van der Waals surface area (Å²) in [4.78, 5) is 0. The molecular formula is C13H15I2N3Pt. The SMILES string of the molecule is C=Cn1ccn(C)[c]1=[Pt].IN(I)Cc1ccccc1. The van der Waals surface area contributed by atoms with Crippen LogP contribution in [0.3, 0.4) is 0 Å². The maximum atomic E-state index is 3.65. The molecule has 0 aliphatic carbocycles. The molecule has 2 aromatic rings. The zero-order valence-corrected chi connectivity index (χ0v) is 17.0. The van der Waals surface area contributed by atoms with E-state index in [0.29, 0.717) is 0 Å². The molecule has 0 radical (unpaired) electrons. The van der Waals surface area contributed by atoms with Crippen LogP contribution >= 0.6 is 45.7 Å². The van der Waals surface area contributed by atoms with Crippen molar-refractivity contribution in [1.29, 1.82) is 0 Å². The van der Waals surface area contributed by atoms with Crippen LogP contribution in [0.1, 0.15) is 5.56 Å². The smallest absolute Gasteiger partial charge is 0.0435 e. The third-order valence-electron chi connectivity index (χ3n) is 2.26. The van der Waals surface area contributed by atoms with E-state index in [1.54, 1.807) is 6.20 Å². The summed E-state index contributed by atoms with van der Waals surface area (Å²) in [6.45, 7) is 4.65. The molecular weight excluding hydrogens is 647 g/mol. The molecule has 6 heteroatoms. The fourth-order valence-electron chi connectivity index (χ4n) is 1.32. The molecule has 0 saturated carbocycles. The topological polar surface area (TPSA) is 13.1 Å². The fraction of sp³-hybridized carbons (Fsp3) is 0.154. The van der Waals surface area contributed by atoms with Crippen LogP contribution in [0, 0.1) is 3.80 Å². The quantitative estimate of drug-likeness (QED) is 0.355. The van der Waals surface area contributed by atoms with E-state index in [2.05, 4.69) is 97.3 Å². The van der Waals surface area contributed by atoms with Gasteiger partial charge in [0.1, 0.15) is 0 Å². The van der Waals surface area contributed by atoms with Crippen molar-refractivity contribution in [2.45, 2.75) is 6.54 Å². The maximum absolute atomic E-state index is 3.65. The van der Waals surface area contributed by atoms with E-state index in [1.807, 2.05) is 34.6 Å². The van der Waals surface area contributed by atoms with E-state index in [-0.39, 0.29) is 0 Å². The number of nitrogens with zero attached hydrogens (tertiary/aromatic N) is 3. The van der Waals surface area contributed by atoms with Crippen molar-refractivity contribution in [3.05, 3.63) is 58.7 Å². The summed E-state index contributed by atoms with van der Waals surface area (Å²) in [6, 6.07) is 10.4. The summed E-state index contributed by atoms with van der Waals surface area (Å²) in [5.74, 6) is 0. The molecule has 0 atom stereocenters. The van der Waals surface area contributed by atoms with E-state index < -0.39 is 0 Å². The Morgan fingerprint density at radius 2 is 1.89 bits per heavy atom. The summed E-state index contributed by atoms with van der Waals surface area (Å²) in [5.41, 5.74) is 1.35. The predicted molar refractivity (Wildman–Crippen MR) is 93.1 cm³/mol. The summed E-state index contributed by atoms with van der Waals surface area (Å²) in [6.07, 6.45) is 5.74. The van der Waals surface area contributed by atoms with Crippen molar-refractivity contribution in [2.24, 2.45) is 7.05 Å². The maximum Gasteiger partial charge on any atom is 0.0435 e. The standard InChI is InChI=1S/C7H7I2N.C6H8N2.Pt/c8-10(9)6-7-4-2-1-3-5-7;1-3-8-5-4-7(2)6-8;/h1-5H,6H2;3-5H,1H2,2H3;. The minimum absolute atomic E-state index is 1.00. The van der Waals surface area contributed by atoms with Gasteiger partial charge in [-0.1, -0.05) is 30.3 Å². The van der Waals surface area contributed by atoms with Gasteiger partial charge in [0, 0.05) is 52.3 Å². The van der Waals surface area contributed by atoms with Crippen molar-refractivity contribution in [3.8, 4) is 0 Å². The minimum Gasteiger partial charge on any atom is -0.184 e. The Morgan fingerprint density at radius 1 is 1.26 bits per heavy atom. The average molecular weight is 662 g/mol. The first-order chi connectivity index (χ1) is 9.04. The second-order valence-electron chi connectivity index (χ2n) is 3.69. The number of rotatable bonds is 3. The number of halogens is 2. The van der Waals surface area contributed by atoms with E-state index in [1.165, 1.54) is 5.56 Å². The second kappa shape index (κ2) is 9.26. The van der Waals surface area contributed by atoms with Crippen LogP contribution in [0.25, 0.3) is 6.20 Å². The van der Waals surface area contributed by atoms with Crippen LogP contribution in [0.2, 0.25) is 0 Å². The summed E-state index contributed by atoms with van der Waals surface area (Å²) >= 11 is 6.77. The number of aromatic nitrogens is 2. The molecule has 0 bridgehead atoms. The van der Waals surface area contributed by atoms with Gasteiger partial charge in [-0.15, -0.1) is 0 Å². The molecule has 0 amide bonds. The monoisotopic (exact) mass is 662 g/mol. The Hall–Kier alpha value is 0.278. The van der Waals surface area contributed by atoms with E-state index in [0.717, 1.165) is 10.3 Å². The van der Waals surface area contributed by atoms with Gasteiger partial charge in [-0.3, -0.25) is 0 Å². The van der Waals surface area contributed by atoms with E-state index in [4.69, 9.17) is 0 Å². The number of aryl methyl sites for hydroxylation is 1. The van der Waals surface area contributed by atoms with Crippen LogP contribution < -0.4 is 0 Å². The molecule has 0 spiro atoms. The second-order valence-corrected chi connectivity index (χ2v) is 8.88. The summed E-state index contributed by atoms with van der Waals surface area (Å²) in [7, 11) is 2.00. The molecule has 106 valence electrons. The normalized spacial score (nSPS) is 10.0. The van der Waals surface area contributed by atoms with Crippen molar-refractivity contribution in [2.75, 3.05) is 0 Å². The Labute approximate surface area is 152 Å². The zero-order chi connectivity index (χ0) is 14.3. The Bertz CT molecular complexity index is 561. The van der Waals surface area contributed by atoms with Gasteiger partial charge >= 0.3 is 64.5 Å². The molecule has 0 saturated heterocycles. The van der Waals surface area contributed by atoms with Gasteiger partial charge in [0.15, 0.2) is 0 Å². The van der Waals surface area contributed by atoms with Crippen LogP contribution in [0.15, 0.2) is 49.3 Å². The average Bonchev–Trinajstić information content (AvgIpc) is 2.71. The fourth-order valence-corrected chi connectivity index (χ4v) is 2.65. The number of hydrogen-bond acceptors (Lipinski definition) is 1. The zero-order valence-electron chi connectivity index (χ0n) is 10.4. The van der Waals surface area contributed by atoms with Crippen LogP contribution in [-0.4, -0.2) is 10.5 Å². The molecule has 2 rings (SSSR count). The van der Waals surface area contributed by atoms with Crippen molar-refractivity contribution in [1.82, 2.24) is 10.5 Å². The van der Waals surface area contributed by atoms with Crippen molar-refractivity contribution >= 4 is 51.9 Å². The molecule has 3 nitrogen and oxygen atoms in total. The first-order valence-electron chi connectivity index (χ1n) is 5.49. The third kappa shape index (κ3) is 6.51. The van der Waals surface area contributed by atoms with Crippen molar-refractivity contribution in [3.63, 3.8) is 0 Å². The van der Waals surface area contributed by atoms with Gasteiger partial charge in [0.2, 0.25) is 0 Å². The minimum atomic E-state index is 1.00. The van der Waals surface area contributed by atoms with E-state index in [9.17, 15) is 0 Å². The summed E-state index contributed by atoms with van der Waals surface area (Å²) < 4.78 is 7.25. The van der Waals surface area contributed by atoms with Gasteiger partial charge < -0.3 is 0 Å². The Balaban J connectivity index is 0.000000191. The number of imidazole rings is 1. The van der Waals surface area contributed by atoms with Gasteiger partial charge in [-0.25, -0.2) is 0 Å². The van der Waals surface area contributed by atoms with Gasteiger partial charge in [-0.05, 0) is 5.56 Å². The summed E-state index contributed by atoms with van der Waals surface area (Å²) in [5, 5.41) is 0. The Morgan fingerprint density at radius 3 is 2.26 bits per heavy atom. The largest absolute Gasteiger partial charge is 0.184 e. The van der Waals surface area contributed by atoms with Gasteiger partial charge in [0.25, 0.3) is 0 Å². The third-order valence-corrected chi connectivity index (χ3v) is 4.33. The first kappa shape index (κ1) is 17.3. The van der Waals surface area contributed by atoms with Crippen LogP contribution in [0.4, 0.5) is 0 Å². The molecule has 0 aliphatic heterocycles. The Kier molecular flexibility index (Phi) is 8.44. The number of hydrogen-bond donors (Lipinski definition) is 0. The van der Waals surface area contributed by atoms with E-state index >= 15 is 0 Å². The molecule has 0 aliphatic rings. The van der Waals surface area contributed by atoms with Crippen LogP contribution in [0.5, 0.6) is 0 Å². The molecule has 19 heavy (non-hydrogen) atoms. The molecule has 0 N–H and O–H groups in total. The molecule has 0 fully saturated rings. The van der Waals surface area contributed by atoms with Gasteiger partial charge in [-0.2, -0.15) is 1.33 Å². The van der Waals surface area contributed by atoms with Gasteiger partial charge in [0.05, 0.1) is 0 Å². The number of benzene rings is 1. The molecule has 1 heterocycles. The van der Waals surface area contributed by atoms with Crippen molar-refractivity contribution < 1.29 is 19.4 Å².